The minimum atomic E-state index is -0.133. The van der Waals surface area contributed by atoms with E-state index in [1.165, 1.54) is 0 Å². The van der Waals surface area contributed by atoms with Crippen molar-refractivity contribution in [3.63, 3.8) is 0 Å². The van der Waals surface area contributed by atoms with Crippen molar-refractivity contribution >= 4 is 40.2 Å². The molecule has 1 saturated heterocycles. The zero-order valence-electron chi connectivity index (χ0n) is 12.7. The van der Waals surface area contributed by atoms with Gasteiger partial charge in [-0.3, -0.25) is 9.59 Å². The van der Waals surface area contributed by atoms with Crippen LogP contribution in [0.5, 0.6) is 0 Å². The average Bonchev–Trinajstić information content (AvgIpc) is 2.54. The minimum absolute atomic E-state index is 0.0619. The number of nitrogens with zero attached hydrogens (tertiary/aromatic N) is 1. The number of ether oxygens (including phenoxy) is 1. The van der Waals surface area contributed by atoms with Crippen LogP contribution in [0.15, 0.2) is 24.3 Å². The minimum Gasteiger partial charge on any atom is -0.466 e. The predicted molar refractivity (Wildman–Crippen MR) is 93.6 cm³/mol. The van der Waals surface area contributed by atoms with E-state index in [-0.39, 0.29) is 24.3 Å². The molecule has 22 heavy (non-hydrogen) atoms. The third-order valence-electron chi connectivity index (χ3n) is 3.76. The molecular weight excluding hydrogens is 395 g/mol. The van der Waals surface area contributed by atoms with Crippen LogP contribution in [0.4, 0.5) is 5.69 Å². The number of esters is 1. The first-order valence-corrected chi connectivity index (χ1v) is 8.62. The first-order valence-electron chi connectivity index (χ1n) is 7.54. The van der Waals surface area contributed by atoms with Crippen molar-refractivity contribution in [1.82, 2.24) is 4.90 Å². The van der Waals surface area contributed by atoms with E-state index in [1.54, 1.807) is 0 Å². The Morgan fingerprint density at radius 1 is 1.27 bits per heavy atom. The normalized spacial score (nSPS) is 15.5. The van der Waals surface area contributed by atoms with Crippen molar-refractivity contribution in [2.45, 2.75) is 19.8 Å². The number of halogens is 1. The quantitative estimate of drug-likeness (QED) is 0.592. The molecule has 1 fully saturated rings. The van der Waals surface area contributed by atoms with E-state index < -0.39 is 0 Å². The SMILES string of the molecule is CCOC(=O)C1CCN(C(=O)CNc2ccc(I)cc2)CC1. The molecule has 0 unspecified atom stereocenters. The Labute approximate surface area is 144 Å². The Balaban J connectivity index is 1.75. The van der Waals surface area contributed by atoms with E-state index in [0.29, 0.717) is 32.5 Å². The molecule has 0 saturated carbocycles. The van der Waals surface area contributed by atoms with Crippen molar-refractivity contribution in [3.05, 3.63) is 27.8 Å². The van der Waals surface area contributed by atoms with Crippen molar-refractivity contribution in [2.24, 2.45) is 5.92 Å². The molecule has 0 radical (unpaired) electrons. The molecule has 1 N–H and O–H groups in total. The highest BCUT2D eigenvalue weighted by molar-refractivity contribution is 14.1. The van der Waals surface area contributed by atoms with Gasteiger partial charge in [-0.15, -0.1) is 0 Å². The fourth-order valence-corrected chi connectivity index (χ4v) is 2.84. The molecule has 0 spiro atoms. The molecule has 1 heterocycles. The number of carbonyl (C=O) groups is 2. The molecule has 120 valence electrons. The molecule has 2 rings (SSSR count). The summed E-state index contributed by atoms with van der Waals surface area (Å²) >= 11 is 2.25. The zero-order chi connectivity index (χ0) is 15.9. The van der Waals surface area contributed by atoms with Gasteiger partial charge < -0.3 is 15.0 Å². The van der Waals surface area contributed by atoms with Gasteiger partial charge in [-0.2, -0.15) is 0 Å². The summed E-state index contributed by atoms with van der Waals surface area (Å²) in [5.74, 6) is -0.124. The van der Waals surface area contributed by atoms with Gasteiger partial charge >= 0.3 is 5.97 Å². The molecule has 1 aliphatic heterocycles. The van der Waals surface area contributed by atoms with Crippen molar-refractivity contribution in [3.8, 4) is 0 Å². The van der Waals surface area contributed by atoms with Crippen LogP contribution in [0.3, 0.4) is 0 Å². The number of anilines is 1. The summed E-state index contributed by atoms with van der Waals surface area (Å²) in [6.07, 6.45) is 1.38. The van der Waals surface area contributed by atoms with Crippen LogP contribution >= 0.6 is 22.6 Å². The summed E-state index contributed by atoms with van der Waals surface area (Å²) in [7, 11) is 0. The lowest BCUT2D eigenvalue weighted by atomic mass is 9.97. The van der Waals surface area contributed by atoms with E-state index in [2.05, 4.69) is 27.9 Å². The maximum Gasteiger partial charge on any atom is 0.309 e. The molecule has 5 nitrogen and oxygen atoms in total. The average molecular weight is 416 g/mol. The lowest BCUT2D eigenvalue weighted by Crippen LogP contribution is -2.43. The Morgan fingerprint density at radius 2 is 1.91 bits per heavy atom. The molecule has 1 aromatic carbocycles. The van der Waals surface area contributed by atoms with Gasteiger partial charge in [0.1, 0.15) is 0 Å². The standard InChI is InChI=1S/C16H21IN2O3/c1-2-22-16(21)12-7-9-19(10-8-12)15(20)11-18-14-5-3-13(17)4-6-14/h3-6,12,18H,2,7-11H2,1H3. The van der Waals surface area contributed by atoms with Crippen molar-refractivity contribution in [1.29, 1.82) is 0 Å². The Kier molecular flexibility index (Phi) is 6.48. The number of amides is 1. The van der Waals surface area contributed by atoms with E-state index >= 15 is 0 Å². The van der Waals surface area contributed by atoms with Crippen LogP contribution in [0.25, 0.3) is 0 Å². The van der Waals surface area contributed by atoms with Crippen LogP contribution in [0.2, 0.25) is 0 Å². The van der Waals surface area contributed by atoms with Crippen LogP contribution in [0.1, 0.15) is 19.8 Å². The van der Waals surface area contributed by atoms with Crippen molar-refractivity contribution in [2.75, 3.05) is 31.6 Å². The number of nitrogens with one attached hydrogen (secondary N) is 1. The monoisotopic (exact) mass is 416 g/mol. The molecule has 0 atom stereocenters. The van der Waals surface area contributed by atoms with E-state index in [4.69, 9.17) is 4.74 Å². The predicted octanol–water partition coefficient (Wildman–Crippen LogP) is 2.50. The zero-order valence-corrected chi connectivity index (χ0v) is 14.8. The molecule has 0 aromatic heterocycles. The van der Waals surface area contributed by atoms with Gasteiger partial charge in [-0.05, 0) is 66.6 Å². The number of carbonyl (C=O) groups excluding carboxylic acids is 2. The largest absolute Gasteiger partial charge is 0.466 e. The number of hydrogen-bond donors (Lipinski definition) is 1. The summed E-state index contributed by atoms with van der Waals surface area (Å²) in [4.78, 5) is 25.7. The molecule has 0 bridgehead atoms. The number of piperidine rings is 1. The summed E-state index contributed by atoms with van der Waals surface area (Å²) in [6, 6.07) is 7.92. The fraction of sp³-hybridized carbons (Fsp3) is 0.500. The van der Waals surface area contributed by atoms with Crippen LogP contribution < -0.4 is 5.32 Å². The Morgan fingerprint density at radius 3 is 2.50 bits per heavy atom. The van der Waals surface area contributed by atoms with Gasteiger partial charge in [-0.25, -0.2) is 0 Å². The van der Waals surface area contributed by atoms with Gasteiger partial charge in [0, 0.05) is 22.3 Å². The molecule has 6 heteroatoms. The second-order valence-electron chi connectivity index (χ2n) is 5.27. The van der Waals surface area contributed by atoms with Crippen LogP contribution in [-0.2, 0) is 14.3 Å². The Bertz CT molecular complexity index is 511. The van der Waals surface area contributed by atoms with Gasteiger partial charge in [0.25, 0.3) is 0 Å². The number of rotatable bonds is 5. The number of benzene rings is 1. The summed E-state index contributed by atoms with van der Waals surface area (Å²) in [6.45, 7) is 3.75. The first kappa shape index (κ1) is 17.1. The highest BCUT2D eigenvalue weighted by Gasteiger charge is 2.27. The topological polar surface area (TPSA) is 58.6 Å². The molecule has 0 aliphatic carbocycles. The van der Waals surface area contributed by atoms with Crippen LogP contribution in [0, 0.1) is 9.49 Å². The van der Waals surface area contributed by atoms with Crippen molar-refractivity contribution < 1.29 is 14.3 Å². The highest BCUT2D eigenvalue weighted by Crippen LogP contribution is 2.19. The maximum atomic E-state index is 12.2. The highest BCUT2D eigenvalue weighted by atomic mass is 127. The first-order chi connectivity index (χ1) is 10.6. The molecular formula is C16H21IN2O3. The van der Waals surface area contributed by atoms with Gasteiger partial charge in [0.2, 0.25) is 5.91 Å². The second kappa shape index (κ2) is 8.36. The third-order valence-corrected chi connectivity index (χ3v) is 4.47. The van der Waals surface area contributed by atoms with E-state index in [0.717, 1.165) is 9.26 Å². The van der Waals surface area contributed by atoms with E-state index in [1.807, 2.05) is 36.1 Å². The van der Waals surface area contributed by atoms with Gasteiger partial charge in [-0.1, -0.05) is 0 Å². The Hall–Kier alpha value is -1.31. The third kappa shape index (κ3) is 4.86. The van der Waals surface area contributed by atoms with Gasteiger partial charge in [0.05, 0.1) is 19.1 Å². The smallest absolute Gasteiger partial charge is 0.309 e. The fourth-order valence-electron chi connectivity index (χ4n) is 2.48. The summed E-state index contributed by atoms with van der Waals surface area (Å²) in [5.41, 5.74) is 0.940. The van der Waals surface area contributed by atoms with Gasteiger partial charge in [0.15, 0.2) is 0 Å². The lowest BCUT2D eigenvalue weighted by Gasteiger charge is -2.31. The van der Waals surface area contributed by atoms with Crippen LogP contribution in [-0.4, -0.2) is 43.0 Å². The number of hydrogen-bond acceptors (Lipinski definition) is 4. The summed E-state index contributed by atoms with van der Waals surface area (Å²) < 4.78 is 6.20. The number of likely N-dealkylation sites (tertiary alicyclic amines) is 1. The molecule has 1 aliphatic rings. The lowest BCUT2D eigenvalue weighted by molar-refractivity contribution is -0.151. The summed E-state index contributed by atoms with van der Waals surface area (Å²) in [5, 5.41) is 3.14. The second-order valence-corrected chi connectivity index (χ2v) is 6.51. The molecule has 1 aromatic rings. The maximum absolute atomic E-state index is 12.2. The molecule has 1 amide bonds. The van der Waals surface area contributed by atoms with E-state index in [9.17, 15) is 9.59 Å².